The molecule has 0 aliphatic carbocycles. The van der Waals surface area contributed by atoms with Crippen LogP contribution in [0.25, 0.3) is 0 Å². The normalized spacial score (nSPS) is 12.8. The van der Waals surface area contributed by atoms with Crippen LogP contribution < -0.4 is 0 Å². The average Bonchev–Trinajstić information content (AvgIpc) is 2.55. The summed E-state index contributed by atoms with van der Waals surface area (Å²) in [5.41, 5.74) is 2.14. The lowest BCUT2D eigenvalue weighted by molar-refractivity contribution is 0.625. The highest BCUT2D eigenvalue weighted by Crippen LogP contribution is 2.37. The molecule has 2 rings (SSSR count). The van der Waals surface area contributed by atoms with Crippen LogP contribution >= 0.6 is 43.2 Å². The van der Waals surface area contributed by atoms with Gasteiger partial charge in [-0.05, 0) is 49.2 Å². The molecule has 1 aromatic carbocycles. The van der Waals surface area contributed by atoms with Crippen molar-refractivity contribution in [1.82, 2.24) is 0 Å². The molecule has 1 aromatic heterocycles. The minimum absolute atomic E-state index is 0.0412. The Labute approximate surface area is 121 Å². The predicted octanol–water partition coefficient (Wildman–Crippen LogP) is 5.75. The van der Waals surface area contributed by atoms with Gasteiger partial charge in [0.1, 0.15) is 5.82 Å². The fourth-order valence-corrected chi connectivity index (χ4v) is 4.14. The third kappa shape index (κ3) is 2.98. The van der Waals surface area contributed by atoms with E-state index < -0.39 is 0 Å². The number of rotatable bonds is 2. The Bertz CT molecular complexity index is 528. The first-order chi connectivity index (χ1) is 7.97. The van der Waals surface area contributed by atoms with Crippen molar-refractivity contribution in [3.63, 3.8) is 0 Å². The Hall–Kier alpha value is -0.190. The van der Waals surface area contributed by atoms with Gasteiger partial charge in [0, 0.05) is 14.2 Å². The molecule has 0 fully saturated rings. The quantitative estimate of drug-likeness (QED) is 0.584. The lowest BCUT2D eigenvalue weighted by Crippen LogP contribution is -1.94. The smallest absolute Gasteiger partial charge is 0.124 e. The number of aryl methyl sites for hydroxylation is 2. The van der Waals surface area contributed by atoms with Gasteiger partial charge in [-0.1, -0.05) is 31.9 Å². The average molecular weight is 378 g/mol. The number of thiophene rings is 1. The van der Waals surface area contributed by atoms with E-state index in [9.17, 15) is 4.39 Å². The van der Waals surface area contributed by atoms with Crippen LogP contribution in [0.2, 0.25) is 0 Å². The largest absolute Gasteiger partial charge is 0.207 e. The van der Waals surface area contributed by atoms with Crippen molar-refractivity contribution in [2.45, 2.75) is 18.7 Å². The minimum atomic E-state index is -0.219. The van der Waals surface area contributed by atoms with E-state index in [1.807, 2.05) is 6.07 Å². The summed E-state index contributed by atoms with van der Waals surface area (Å²) >= 11 is 8.73. The van der Waals surface area contributed by atoms with E-state index in [0.29, 0.717) is 0 Å². The zero-order valence-corrected chi connectivity index (χ0v) is 13.4. The molecular formula is C13H11Br2FS. The fourth-order valence-electron chi connectivity index (χ4n) is 1.80. The van der Waals surface area contributed by atoms with Crippen LogP contribution in [0.5, 0.6) is 0 Å². The molecule has 0 amide bonds. The molecule has 0 nitrogen and oxygen atoms in total. The van der Waals surface area contributed by atoms with E-state index in [2.05, 4.69) is 51.8 Å². The summed E-state index contributed by atoms with van der Waals surface area (Å²) in [6.45, 7) is 4.18. The van der Waals surface area contributed by atoms with Crippen LogP contribution in [0.15, 0.2) is 28.7 Å². The highest BCUT2D eigenvalue weighted by molar-refractivity contribution is 9.10. The second-order valence-electron chi connectivity index (χ2n) is 3.93. The van der Waals surface area contributed by atoms with Crippen LogP contribution in [0.1, 0.15) is 25.7 Å². The molecule has 0 N–H and O–H groups in total. The lowest BCUT2D eigenvalue weighted by atomic mass is 10.1. The first kappa shape index (κ1) is 13.2. The number of benzene rings is 1. The van der Waals surface area contributed by atoms with Crippen LogP contribution in [-0.2, 0) is 0 Å². The molecule has 0 saturated heterocycles. The Morgan fingerprint density at radius 1 is 1.18 bits per heavy atom. The molecule has 1 atom stereocenters. The third-order valence-corrected chi connectivity index (χ3v) is 4.99. The Morgan fingerprint density at radius 2 is 1.88 bits per heavy atom. The maximum Gasteiger partial charge on any atom is 0.124 e. The molecule has 0 aliphatic heterocycles. The van der Waals surface area contributed by atoms with Crippen molar-refractivity contribution in [3.05, 3.63) is 55.4 Å². The summed E-state index contributed by atoms with van der Waals surface area (Å²) in [6.07, 6.45) is 0. The molecule has 90 valence electrons. The van der Waals surface area contributed by atoms with Gasteiger partial charge in [0.05, 0.1) is 4.83 Å². The van der Waals surface area contributed by atoms with Gasteiger partial charge in [-0.15, -0.1) is 11.3 Å². The molecule has 0 aliphatic rings. The molecule has 4 heteroatoms. The highest BCUT2D eigenvalue weighted by Gasteiger charge is 2.16. The van der Waals surface area contributed by atoms with E-state index in [4.69, 9.17) is 0 Å². The van der Waals surface area contributed by atoms with Gasteiger partial charge in [0.15, 0.2) is 0 Å². The zero-order chi connectivity index (χ0) is 12.6. The van der Waals surface area contributed by atoms with Crippen LogP contribution in [0.4, 0.5) is 4.39 Å². The molecule has 0 spiro atoms. The van der Waals surface area contributed by atoms with Gasteiger partial charge in [-0.25, -0.2) is 4.39 Å². The second kappa shape index (κ2) is 5.21. The maximum absolute atomic E-state index is 13.4. The van der Waals surface area contributed by atoms with E-state index >= 15 is 0 Å². The molecular weight excluding hydrogens is 367 g/mol. The van der Waals surface area contributed by atoms with Crippen molar-refractivity contribution in [3.8, 4) is 0 Å². The molecule has 0 radical (unpaired) electrons. The van der Waals surface area contributed by atoms with Gasteiger partial charge in [-0.3, -0.25) is 0 Å². The topological polar surface area (TPSA) is 0 Å². The van der Waals surface area contributed by atoms with Gasteiger partial charge >= 0.3 is 0 Å². The molecule has 1 heterocycles. The third-order valence-electron chi connectivity index (χ3n) is 2.53. The van der Waals surface area contributed by atoms with E-state index in [-0.39, 0.29) is 10.6 Å². The first-order valence-electron chi connectivity index (χ1n) is 5.14. The standard InChI is InChI=1S/C13H11Br2FS/c1-7-3-12(8(2)17-7)13(15)9-4-10(14)6-11(16)5-9/h3-6,13H,1-2H3. The summed E-state index contributed by atoms with van der Waals surface area (Å²) < 4.78 is 14.1. The molecule has 0 saturated carbocycles. The summed E-state index contributed by atoms with van der Waals surface area (Å²) in [7, 11) is 0. The number of hydrogen-bond acceptors (Lipinski definition) is 1. The SMILES string of the molecule is Cc1cc(C(Br)c2cc(F)cc(Br)c2)c(C)s1. The van der Waals surface area contributed by atoms with Crippen LogP contribution in [0, 0.1) is 19.7 Å². The molecule has 2 aromatic rings. The van der Waals surface area contributed by atoms with Crippen LogP contribution in [0.3, 0.4) is 0 Å². The van der Waals surface area contributed by atoms with Gasteiger partial charge in [0.2, 0.25) is 0 Å². The summed E-state index contributed by atoms with van der Waals surface area (Å²) in [5, 5.41) is 0. The van der Waals surface area contributed by atoms with Crippen LogP contribution in [-0.4, -0.2) is 0 Å². The van der Waals surface area contributed by atoms with Crippen molar-refractivity contribution in [2.75, 3.05) is 0 Å². The van der Waals surface area contributed by atoms with E-state index in [1.54, 1.807) is 17.4 Å². The fraction of sp³-hybridized carbons (Fsp3) is 0.231. The van der Waals surface area contributed by atoms with Gasteiger partial charge in [0.25, 0.3) is 0 Å². The molecule has 0 bridgehead atoms. The minimum Gasteiger partial charge on any atom is -0.207 e. The van der Waals surface area contributed by atoms with Gasteiger partial charge < -0.3 is 0 Å². The Balaban J connectivity index is 2.43. The highest BCUT2D eigenvalue weighted by atomic mass is 79.9. The number of alkyl halides is 1. The number of halogens is 3. The van der Waals surface area contributed by atoms with Gasteiger partial charge in [-0.2, -0.15) is 0 Å². The summed E-state index contributed by atoms with van der Waals surface area (Å²) in [4.78, 5) is 2.58. The van der Waals surface area contributed by atoms with Crippen molar-refractivity contribution >= 4 is 43.2 Å². The summed E-state index contributed by atoms with van der Waals surface area (Å²) in [6, 6.07) is 7.12. The maximum atomic E-state index is 13.4. The van der Waals surface area contributed by atoms with Crippen molar-refractivity contribution in [1.29, 1.82) is 0 Å². The van der Waals surface area contributed by atoms with E-state index in [0.717, 1.165) is 10.0 Å². The predicted molar refractivity (Wildman–Crippen MR) is 78.7 cm³/mol. The van der Waals surface area contributed by atoms with E-state index in [1.165, 1.54) is 21.4 Å². The van der Waals surface area contributed by atoms with Crippen molar-refractivity contribution in [2.24, 2.45) is 0 Å². The Morgan fingerprint density at radius 3 is 2.41 bits per heavy atom. The van der Waals surface area contributed by atoms with Crippen molar-refractivity contribution < 1.29 is 4.39 Å². The Kier molecular flexibility index (Phi) is 4.06. The zero-order valence-electron chi connectivity index (χ0n) is 9.43. The lowest BCUT2D eigenvalue weighted by Gasteiger charge is -2.11. The second-order valence-corrected chi connectivity index (χ2v) is 7.23. The summed E-state index contributed by atoms with van der Waals surface area (Å²) in [5.74, 6) is -0.219. The monoisotopic (exact) mass is 376 g/mol. The molecule has 1 unspecified atom stereocenters. The first-order valence-corrected chi connectivity index (χ1v) is 7.67. The molecule has 17 heavy (non-hydrogen) atoms. The number of hydrogen-bond donors (Lipinski definition) is 0.